The predicted molar refractivity (Wildman–Crippen MR) is 67.6 cm³/mol. The Bertz CT molecular complexity index is 548. The lowest BCUT2D eigenvalue weighted by atomic mass is 10.1. The Balaban J connectivity index is 2.44. The fraction of sp³-hybridized carbons (Fsp3) is 0.0909. The van der Waals surface area contributed by atoms with E-state index < -0.39 is 6.10 Å². The van der Waals surface area contributed by atoms with Gasteiger partial charge in [0.25, 0.3) is 0 Å². The van der Waals surface area contributed by atoms with Crippen molar-refractivity contribution in [1.82, 2.24) is 9.97 Å². The normalized spacial score (nSPS) is 12.5. The summed E-state index contributed by atoms with van der Waals surface area (Å²) < 4.78 is 0. The number of aromatic nitrogens is 2. The van der Waals surface area contributed by atoms with E-state index in [9.17, 15) is 5.11 Å². The third-order valence-corrected chi connectivity index (χ3v) is 2.99. The largest absolute Gasteiger partial charge is 0.382 e. The zero-order chi connectivity index (χ0) is 12.4. The maximum atomic E-state index is 10.1. The van der Waals surface area contributed by atoms with Crippen molar-refractivity contribution in [2.24, 2.45) is 0 Å². The second-order valence-electron chi connectivity index (χ2n) is 3.29. The molecular weight excluding hydrogens is 282 g/mol. The smallest absolute Gasteiger partial charge is 0.155 e. The van der Waals surface area contributed by atoms with E-state index in [0.717, 1.165) is 0 Å². The number of aliphatic hydroxyl groups excluding tert-OH is 1. The van der Waals surface area contributed by atoms with Crippen molar-refractivity contribution >= 4 is 34.8 Å². The van der Waals surface area contributed by atoms with E-state index in [1.807, 2.05) is 0 Å². The maximum absolute atomic E-state index is 10.1. The van der Waals surface area contributed by atoms with Crippen LogP contribution in [0.5, 0.6) is 0 Å². The van der Waals surface area contributed by atoms with Gasteiger partial charge in [-0.1, -0.05) is 53.0 Å². The fourth-order valence-electron chi connectivity index (χ4n) is 1.38. The number of halogens is 3. The Morgan fingerprint density at radius 2 is 1.82 bits per heavy atom. The van der Waals surface area contributed by atoms with Crippen LogP contribution in [0.25, 0.3) is 0 Å². The van der Waals surface area contributed by atoms with E-state index in [4.69, 9.17) is 34.8 Å². The fourth-order valence-corrected chi connectivity index (χ4v) is 2.04. The first-order valence-corrected chi connectivity index (χ1v) is 5.83. The molecule has 0 saturated heterocycles. The zero-order valence-electron chi connectivity index (χ0n) is 8.44. The van der Waals surface area contributed by atoms with Crippen molar-refractivity contribution in [3.05, 3.63) is 57.0 Å². The van der Waals surface area contributed by atoms with Gasteiger partial charge in [0.1, 0.15) is 17.0 Å². The van der Waals surface area contributed by atoms with Crippen molar-refractivity contribution in [1.29, 1.82) is 0 Å². The van der Waals surface area contributed by atoms with E-state index in [2.05, 4.69) is 9.97 Å². The van der Waals surface area contributed by atoms with Crippen LogP contribution in [-0.4, -0.2) is 15.1 Å². The maximum Gasteiger partial charge on any atom is 0.155 e. The van der Waals surface area contributed by atoms with E-state index >= 15 is 0 Å². The third kappa shape index (κ3) is 2.69. The quantitative estimate of drug-likeness (QED) is 0.920. The van der Waals surface area contributed by atoms with Crippen molar-refractivity contribution in [3.63, 3.8) is 0 Å². The van der Waals surface area contributed by atoms with Gasteiger partial charge in [0.05, 0.1) is 6.20 Å². The lowest BCUT2D eigenvalue weighted by molar-refractivity contribution is 0.215. The van der Waals surface area contributed by atoms with Gasteiger partial charge in [-0.05, 0) is 6.07 Å². The van der Waals surface area contributed by atoms with E-state index in [1.165, 1.54) is 6.20 Å². The summed E-state index contributed by atoms with van der Waals surface area (Å²) in [6.07, 6.45) is 0.295. The van der Waals surface area contributed by atoms with Gasteiger partial charge in [0, 0.05) is 10.6 Å². The molecule has 2 aromatic rings. The van der Waals surface area contributed by atoms with E-state index in [0.29, 0.717) is 10.6 Å². The lowest BCUT2D eigenvalue weighted by Crippen LogP contribution is -2.05. The summed E-state index contributed by atoms with van der Waals surface area (Å²) in [6.45, 7) is 0. The first-order valence-electron chi connectivity index (χ1n) is 4.70. The highest BCUT2D eigenvalue weighted by Crippen LogP contribution is 2.30. The van der Waals surface area contributed by atoms with E-state index in [-0.39, 0.29) is 16.0 Å². The average molecular weight is 290 g/mol. The van der Waals surface area contributed by atoms with Crippen LogP contribution in [0.2, 0.25) is 15.3 Å². The molecule has 1 heterocycles. The van der Waals surface area contributed by atoms with E-state index in [1.54, 1.807) is 24.3 Å². The molecule has 0 aliphatic rings. The molecule has 0 aliphatic heterocycles. The van der Waals surface area contributed by atoms with Gasteiger partial charge in [0.2, 0.25) is 0 Å². The molecule has 0 aliphatic carbocycles. The first kappa shape index (κ1) is 12.6. The minimum absolute atomic E-state index is 0.0601. The second-order valence-corrected chi connectivity index (χ2v) is 4.45. The van der Waals surface area contributed by atoms with Crippen LogP contribution in [0, 0.1) is 0 Å². The number of benzene rings is 1. The van der Waals surface area contributed by atoms with Crippen LogP contribution in [0.3, 0.4) is 0 Å². The minimum atomic E-state index is -1.03. The Hall–Kier alpha value is -0.870. The molecule has 1 aromatic heterocycles. The summed E-state index contributed by atoms with van der Waals surface area (Å²) >= 11 is 17.5. The molecule has 88 valence electrons. The molecule has 0 amide bonds. The Labute approximate surface area is 113 Å². The Morgan fingerprint density at radius 3 is 2.47 bits per heavy atom. The van der Waals surface area contributed by atoms with Crippen molar-refractivity contribution < 1.29 is 5.11 Å². The van der Waals surface area contributed by atoms with Gasteiger partial charge < -0.3 is 5.11 Å². The zero-order valence-corrected chi connectivity index (χ0v) is 10.7. The average Bonchev–Trinajstić information content (AvgIpc) is 2.29. The van der Waals surface area contributed by atoms with Crippen LogP contribution in [0.1, 0.15) is 17.4 Å². The van der Waals surface area contributed by atoms with Crippen LogP contribution in [0.4, 0.5) is 0 Å². The molecule has 1 atom stereocenters. The summed E-state index contributed by atoms with van der Waals surface area (Å²) in [5.41, 5.74) is 0.747. The Kier molecular flexibility index (Phi) is 3.84. The van der Waals surface area contributed by atoms with Crippen molar-refractivity contribution in [2.75, 3.05) is 0 Å². The number of nitrogens with zero attached hydrogens (tertiary/aromatic N) is 2. The molecule has 2 rings (SSSR count). The lowest BCUT2D eigenvalue weighted by Gasteiger charge is -2.12. The molecule has 1 unspecified atom stereocenters. The highest BCUT2D eigenvalue weighted by atomic mass is 35.5. The molecule has 0 bridgehead atoms. The highest BCUT2D eigenvalue weighted by molar-refractivity contribution is 6.33. The summed E-state index contributed by atoms with van der Waals surface area (Å²) in [4.78, 5) is 7.78. The minimum Gasteiger partial charge on any atom is -0.382 e. The number of hydrogen-bond acceptors (Lipinski definition) is 3. The summed E-state index contributed by atoms with van der Waals surface area (Å²) in [6, 6.07) is 6.91. The van der Waals surface area contributed by atoms with Gasteiger partial charge in [-0.2, -0.15) is 0 Å². The van der Waals surface area contributed by atoms with Crippen LogP contribution in [0.15, 0.2) is 30.5 Å². The topological polar surface area (TPSA) is 46.0 Å². The van der Waals surface area contributed by atoms with Crippen LogP contribution in [-0.2, 0) is 0 Å². The molecule has 0 radical (unpaired) electrons. The van der Waals surface area contributed by atoms with Crippen LogP contribution >= 0.6 is 34.8 Å². The van der Waals surface area contributed by atoms with Crippen LogP contribution < -0.4 is 0 Å². The number of hydrogen-bond donors (Lipinski definition) is 1. The first-order chi connectivity index (χ1) is 8.09. The molecular formula is C11H7Cl3N2O. The van der Waals surface area contributed by atoms with Gasteiger partial charge in [-0.3, -0.25) is 4.98 Å². The van der Waals surface area contributed by atoms with Gasteiger partial charge >= 0.3 is 0 Å². The summed E-state index contributed by atoms with van der Waals surface area (Å²) in [5, 5.41) is 10.8. The molecule has 1 N–H and O–H groups in total. The monoisotopic (exact) mass is 288 g/mol. The van der Waals surface area contributed by atoms with Gasteiger partial charge in [-0.15, -0.1) is 0 Å². The molecule has 17 heavy (non-hydrogen) atoms. The molecule has 6 heteroatoms. The molecule has 0 saturated carbocycles. The third-order valence-electron chi connectivity index (χ3n) is 2.19. The van der Waals surface area contributed by atoms with Crippen molar-refractivity contribution in [3.8, 4) is 0 Å². The SMILES string of the molecule is OC(c1ccccc1Cl)c1ncc(Cl)nc1Cl. The molecule has 0 spiro atoms. The summed E-state index contributed by atoms with van der Waals surface area (Å²) in [7, 11) is 0. The second kappa shape index (κ2) is 5.19. The number of aliphatic hydroxyl groups is 1. The molecule has 1 aromatic carbocycles. The molecule has 3 nitrogen and oxygen atoms in total. The standard InChI is InChI=1S/C11H7Cl3N2O/c12-7-4-2-1-3-6(7)10(17)9-11(14)16-8(13)5-15-9/h1-5,10,17H. The highest BCUT2D eigenvalue weighted by Gasteiger charge is 2.19. The van der Waals surface area contributed by atoms with Crippen molar-refractivity contribution in [2.45, 2.75) is 6.10 Å². The summed E-state index contributed by atoms with van der Waals surface area (Å²) in [5.74, 6) is 0. The van der Waals surface area contributed by atoms with Gasteiger partial charge in [0.15, 0.2) is 5.15 Å². The van der Waals surface area contributed by atoms with Gasteiger partial charge in [-0.25, -0.2) is 4.98 Å². The molecule has 0 fully saturated rings. The predicted octanol–water partition coefficient (Wildman–Crippen LogP) is 3.52. The Morgan fingerprint density at radius 1 is 1.12 bits per heavy atom. The number of rotatable bonds is 2.